The molecule has 0 radical (unpaired) electrons. The molecule has 0 aliphatic rings. The van der Waals surface area contributed by atoms with Crippen LogP contribution in [0.4, 0.5) is 13.2 Å². The van der Waals surface area contributed by atoms with E-state index in [9.17, 15) is 13.2 Å². The topological polar surface area (TPSA) is 58.6 Å². The molecule has 2 rings (SSSR count). The molecule has 0 aliphatic heterocycles. The first-order valence-corrected chi connectivity index (χ1v) is 6.23. The number of nitrogens with two attached hydrogens (primary N) is 1. The molecule has 0 atom stereocenters. The molecule has 20 heavy (non-hydrogen) atoms. The Labute approximate surface area is 116 Å². The Kier molecular flexibility index (Phi) is 4.19. The maximum atomic E-state index is 13.8. The molecule has 0 spiro atoms. The highest BCUT2D eigenvalue weighted by atomic mass is 32.2. The van der Waals surface area contributed by atoms with Crippen LogP contribution in [0.1, 0.15) is 5.56 Å². The molecule has 0 saturated carbocycles. The van der Waals surface area contributed by atoms with Crippen molar-refractivity contribution in [3.63, 3.8) is 0 Å². The minimum atomic E-state index is -0.997. The van der Waals surface area contributed by atoms with E-state index in [2.05, 4.69) is 5.16 Å². The second-order valence-electron chi connectivity index (χ2n) is 3.81. The number of hydrogen-bond acceptors (Lipinski definition) is 3. The predicted molar refractivity (Wildman–Crippen MR) is 69.4 cm³/mol. The largest absolute Gasteiger partial charge is 0.409 e. The standard InChI is InChI=1S/C13H9F3N2OS/c14-9-3-2-8(6-10(9)15)20-12-4-1-7(5-11(12)16)13(17)18-19/h1-6,19H,(H2,17,18). The fourth-order valence-electron chi connectivity index (χ4n) is 1.47. The van der Waals surface area contributed by atoms with Gasteiger partial charge in [0.1, 0.15) is 5.82 Å². The van der Waals surface area contributed by atoms with Crippen LogP contribution in [0.5, 0.6) is 0 Å². The van der Waals surface area contributed by atoms with E-state index in [-0.39, 0.29) is 16.3 Å². The molecule has 0 bridgehead atoms. The second kappa shape index (κ2) is 5.87. The molecule has 2 aromatic rings. The number of amidine groups is 1. The molecule has 0 unspecified atom stereocenters. The number of halogens is 3. The van der Waals surface area contributed by atoms with E-state index in [0.29, 0.717) is 4.90 Å². The summed E-state index contributed by atoms with van der Waals surface area (Å²) < 4.78 is 39.7. The van der Waals surface area contributed by atoms with Gasteiger partial charge in [0.05, 0.1) is 0 Å². The normalized spacial score (nSPS) is 11.7. The monoisotopic (exact) mass is 298 g/mol. The Morgan fingerprint density at radius 1 is 1.00 bits per heavy atom. The van der Waals surface area contributed by atoms with Crippen LogP contribution < -0.4 is 5.73 Å². The summed E-state index contributed by atoms with van der Waals surface area (Å²) in [7, 11) is 0. The lowest BCUT2D eigenvalue weighted by Gasteiger charge is -2.06. The molecule has 0 aliphatic carbocycles. The van der Waals surface area contributed by atoms with Crippen LogP contribution in [0, 0.1) is 17.5 Å². The third kappa shape index (κ3) is 3.05. The Bertz CT molecular complexity index is 677. The van der Waals surface area contributed by atoms with Gasteiger partial charge in [-0.05, 0) is 36.4 Å². The van der Waals surface area contributed by atoms with Gasteiger partial charge in [0.15, 0.2) is 17.5 Å². The number of nitrogens with zero attached hydrogens (tertiary/aromatic N) is 1. The van der Waals surface area contributed by atoms with Crippen molar-refractivity contribution in [1.29, 1.82) is 0 Å². The molecule has 7 heteroatoms. The van der Waals surface area contributed by atoms with Crippen molar-refractivity contribution in [2.24, 2.45) is 10.9 Å². The summed E-state index contributed by atoms with van der Waals surface area (Å²) >= 11 is 0.940. The van der Waals surface area contributed by atoms with Crippen LogP contribution in [0.3, 0.4) is 0 Å². The van der Waals surface area contributed by atoms with Crippen LogP contribution in [0.2, 0.25) is 0 Å². The summed E-state index contributed by atoms with van der Waals surface area (Å²) in [6.07, 6.45) is 0. The van der Waals surface area contributed by atoms with E-state index in [1.807, 2.05) is 0 Å². The number of benzene rings is 2. The average Bonchev–Trinajstić information content (AvgIpc) is 2.44. The summed E-state index contributed by atoms with van der Waals surface area (Å²) in [6.45, 7) is 0. The highest BCUT2D eigenvalue weighted by molar-refractivity contribution is 7.99. The van der Waals surface area contributed by atoms with E-state index in [4.69, 9.17) is 10.9 Å². The first kappa shape index (κ1) is 14.3. The van der Waals surface area contributed by atoms with Crippen molar-refractivity contribution >= 4 is 17.6 Å². The van der Waals surface area contributed by atoms with Gasteiger partial charge in [-0.1, -0.05) is 16.9 Å². The lowest BCUT2D eigenvalue weighted by Crippen LogP contribution is -2.13. The van der Waals surface area contributed by atoms with Crippen LogP contribution in [-0.4, -0.2) is 11.0 Å². The molecule has 0 heterocycles. The van der Waals surface area contributed by atoms with E-state index in [0.717, 1.165) is 30.0 Å². The Hall–Kier alpha value is -2.15. The quantitative estimate of drug-likeness (QED) is 0.395. The van der Waals surface area contributed by atoms with Gasteiger partial charge in [-0.15, -0.1) is 0 Å². The van der Waals surface area contributed by atoms with E-state index >= 15 is 0 Å². The zero-order valence-corrected chi connectivity index (χ0v) is 10.8. The van der Waals surface area contributed by atoms with E-state index in [1.54, 1.807) is 0 Å². The Morgan fingerprint density at radius 2 is 1.75 bits per heavy atom. The summed E-state index contributed by atoms with van der Waals surface area (Å²) in [5, 5.41) is 11.3. The molecule has 3 nitrogen and oxygen atoms in total. The van der Waals surface area contributed by atoms with Gasteiger partial charge in [-0.3, -0.25) is 0 Å². The highest BCUT2D eigenvalue weighted by Gasteiger charge is 2.09. The molecular formula is C13H9F3N2OS. The van der Waals surface area contributed by atoms with Crippen LogP contribution >= 0.6 is 11.8 Å². The van der Waals surface area contributed by atoms with Gasteiger partial charge < -0.3 is 10.9 Å². The van der Waals surface area contributed by atoms with Gasteiger partial charge in [0, 0.05) is 15.4 Å². The van der Waals surface area contributed by atoms with Crippen LogP contribution in [-0.2, 0) is 0 Å². The Morgan fingerprint density at radius 3 is 2.35 bits per heavy atom. The van der Waals surface area contributed by atoms with Gasteiger partial charge in [-0.2, -0.15) is 0 Å². The van der Waals surface area contributed by atoms with Crippen molar-refractivity contribution in [2.45, 2.75) is 9.79 Å². The van der Waals surface area contributed by atoms with Crippen molar-refractivity contribution in [1.82, 2.24) is 0 Å². The molecule has 0 fully saturated rings. The molecule has 0 saturated heterocycles. The second-order valence-corrected chi connectivity index (χ2v) is 4.92. The average molecular weight is 298 g/mol. The number of oxime groups is 1. The summed E-state index contributed by atoms with van der Waals surface area (Å²) in [5.41, 5.74) is 5.56. The Balaban J connectivity index is 2.28. The minimum absolute atomic E-state index is 0.213. The van der Waals surface area contributed by atoms with Crippen LogP contribution in [0.25, 0.3) is 0 Å². The third-order valence-corrected chi connectivity index (χ3v) is 3.49. The van der Waals surface area contributed by atoms with Gasteiger partial charge in [-0.25, -0.2) is 13.2 Å². The lowest BCUT2D eigenvalue weighted by molar-refractivity contribution is 0.318. The molecule has 104 valence electrons. The first-order valence-electron chi connectivity index (χ1n) is 5.41. The van der Waals surface area contributed by atoms with Crippen molar-refractivity contribution in [2.75, 3.05) is 0 Å². The first-order chi connectivity index (χ1) is 9.51. The SMILES string of the molecule is N/C(=N\O)c1ccc(Sc2ccc(F)c(F)c2)c(F)c1. The van der Waals surface area contributed by atoms with Gasteiger partial charge >= 0.3 is 0 Å². The van der Waals surface area contributed by atoms with E-state index < -0.39 is 17.5 Å². The van der Waals surface area contributed by atoms with Crippen LogP contribution in [0.15, 0.2) is 51.3 Å². The molecule has 3 N–H and O–H groups in total. The third-order valence-electron chi connectivity index (χ3n) is 2.45. The van der Waals surface area contributed by atoms with Crippen molar-refractivity contribution in [3.05, 3.63) is 59.4 Å². The molecule has 0 aromatic heterocycles. The maximum Gasteiger partial charge on any atom is 0.170 e. The summed E-state index contributed by atoms with van der Waals surface area (Å²) in [4.78, 5) is 0.574. The number of hydrogen-bond donors (Lipinski definition) is 2. The maximum absolute atomic E-state index is 13.8. The predicted octanol–water partition coefficient (Wildman–Crippen LogP) is 3.35. The molecular weight excluding hydrogens is 289 g/mol. The number of rotatable bonds is 3. The van der Waals surface area contributed by atoms with E-state index in [1.165, 1.54) is 18.2 Å². The summed E-state index contributed by atoms with van der Waals surface area (Å²) in [5.74, 6) is -2.78. The smallest absolute Gasteiger partial charge is 0.170 e. The zero-order valence-electron chi connectivity index (χ0n) is 9.98. The van der Waals surface area contributed by atoms with Gasteiger partial charge in [0.25, 0.3) is 0 Å². The lowest BCUT2D eigenvalue weighted by atomic mass is 10.2. The van der Waals surface area contributed by atoms with Crippen molar-refractivity contribution < 1.29 is 18.4 Å². The molecule has 2 aromatic carbocycles. The van der Waals surface area contributed by atoms with Gasteiger partial charge in [0.2, 0.25) is 0 Å². The highest BCUT2D eigenvalue weighted by Crippen LogP contribution is 2.31. The fourth-order valence-corrected chi connectivity index (χ4v) is 2.31. The van der Waals surface area contributed by atoms with Crippen molar-refractivity contribution in [3.8, 4) is 0 Å². The minimum Gasteiger partial charge on any atom is -0.409 e. The zero-order chi connectivity index (χ0) is 14.7. The fraction of sp³-hybridized carbons (Fsp3) is 0. The summed E-state index contributed by atoms with van der Waals surface area (Å²) in [6, 6.07) is 7.27. The molecule has 0 amide bonds.